The molecule has 1 heterocycles. The monoisotopic (exact) mass is 220 g/mol. The van der Waals surface area contributed by atoms with Gasteiger partial charge in [0, 0.05) is 21.4 Å². The standard InChI is InChI=1S/C12H9FOS/c1-8-2-3-11(13)10(4-8)12-5-9(6-14)7-15-12/h2-7H,1H3. The van der Waals surface area contributed by atoms with Crippen molar-refractivity contribution in [3.63, 3.8) is 0 Å². The summed E-state index contributed by atoms with van der Waals surface area (Å²) < 4.78 is 13.5. The summed E-state index contributed by atoms with van der Waals surface area (Å²) in [5.74, 6) is -0.250. The Bertz CT molecular complexity index is 502. The number of carbonyl (C=O) groups excluding carboxylic acids is 1. The number of aryl methyl sites for hydroxylation is 1. The molecule has 0 N–H and O–H groups in total. The van der Waals surface area contributed by atoms with Crippen LogP contribution >= 0.6 is 11.3 Å². The number of aldehydes is 1. The zero-order valence-corrected chi connectivity index (χ0v) is 8.98. The average molecular weight is 220 g/mol. The molecule has 0 atom stereocenters. The van der Waals surface area contributed by atoms with Crippen LogP contribution in [0, 0.1) is 12.7 Å². The van der Waals surface area contributed by atoms with Gasteiger partial charge in [-0.1, -0.05) is 11.6 Å². The van der Waals surface area contributed by atoms with E-state index in [1.54, 1.807) is 23.6 Å². The Morgan fingerprint density at radius 3 is 2.80 bits per heavy atom. The highest BCUT2D eigenvalue weighted by Gasteiger charge is 2.07. The molecule has 0 spiro atoms. The van der Waals surface area contributed by atoms with Gasteiger partial charge in [0.05, 0.1) is 0 Å². The summed E-state index contributed by atoms with van der Waals surface area (Å²) in [6.07, 6.45) is 0.772. The van der Waals surface area contributed by atoms with E-state index in [9.17, 15) is 9.18 Å². The third-order valence-corrected chi connectivity index (χ3v) is 3.12. The van der Waals surface area contributed by atoms with E-state index in [1.807, 2.05) is 6.92 Å². The van der Waals surface area contributed by atoms with Crippen LogP contribution in [-0.4, -0.2) is 6.29 Å². The highest BCUT2D eigenvalue weighted by molar-refractivity contribution is 7.13. The molecule has 0 saturated carbocycles. The Kier molecular flexibility index (Phi) is 2.64. The maximum absolute atomic E-state index is 13.5. The van der Waals surface area contributed by atoms with Gasteiger partial charge in [-0.25, -0.2) is 4.39 Å². The fourth-order valence-corrected chi connectivity index (χ4v) is 2.26. The van der Waals surface area contributed by atoms with Crippen molar-refractivity contribution >= 4 is 17.6 Å². The van der Waals surface area contributed by atoms with E-state index in [4.69, 9.17) is 0 Å². The van der Waals surface area contributed by atoms with Gasteiger partial charge in [0.15, 0.2) is 6.29 Å². The maximum atomic E-state index is 13.5. The molecule has 0 unspecified atom stereocenters. The van der Waals surface area contributed by atoms with Crippen LogP contribution in [0.3, 0.4) is 0 Å². The van der Waals surface area contributed by atoms with E-state index in [1.165, 1.54) is 17.4 Å². The summed E-state index contributed by atoms with van der Waals surface area (Å²) in [4.78, 5) is 11.3. The molecule has 0 fully saturated rings. The van der Waals surface area contributed by atoms with Crippen molar-refractivity contribution in [3.8, 4) is 10.4 Å². The first-order valence-corrected chi connectivity index (χ1v) is 5.39. The molecular formula is C12H9FOS. The van der Waals surface area contributed by atoms with Crippen LogP contribution < -0.4 is 0 Å². The summed E-state index contributed by atoms with van der Waals surface area (Å²) in [5.41, 5.74) is 2.16. The number of halogens is 1. The van der Waals surface area contributed by atoms with E-state index >= 15 is 0 Å². The van der Waals surface area contributed by atoms with Gasteiger partial charge in [0.2, 0.25) is 0 Å². The minimum absolute atomic E-state index is 0.250. The molecule has 0 radical (unpaired) electrons. The van der Waals surface area contributed by atoms with Crippen molar-refractivity contribution in [1.82, 2.24) is 0 Å². The maximum Gasteiger partial charge on any atom is 0.150 e. The lowest BCUT2D eigenvalue weighted by Crippen LogP contribution is -1.82. The van der Waals surface area contributed by atoms with Crippen molar-refractivity contribution < 1.29 is 9.18 Å². The van der Waals surface area contributed by atoms with Gasteiger partial charge in [0.1, 0.15) is 5.82 Å². The molecule has 1 aromatic heterocycles. The summed E-state index contributed by atoms with van der Waals surface area (Å²) in [6.45, 7) is 1.91. The van der Waals surface area contributed by atoms with Crippen molar-refractivity contribution in [3.05, 3.63) is 46.6 Å². The van der Waals surface area contributed by atoms with Crippen LogP contribution in [0.4, 0.5) is 4.39 Å². The third kappa shape index (κ3) is 1.97. The fourth-order valence-electron chi connectivity index (χ4n) is 1.38. The third-order valence-electron chi connectivity index (χ3n) is 2.14. The van der Waals surface area contributed by atoms with Crippen LogP contribution in [0.2, 0.25) is 0 Å². The van der Waals surface area contributed by atoms with Gasteiger partial charge < -0.3 is 0 Å². The van der Waals surface area contributed by atoms with E-state index in [2.05, 4.69) is 0 Å². The fraction of sp³-hybridized carbons (Fsp3) is 0.0833. The van der Waals surface area contributed by atoms with Crippen molar-refractivity contribution in [2.75, 3.05) is 0 Å². The molecule has 0 aliphatic carbocycles. The normalized spacial score (nSPS) is 10.3. The molecule has 2 rings (SSSR count). The molecule has 0 aliphatic rings. The lowest BCUT2D eigenvalue weighted by atomic mass is 10.1. The highest BCUT2D eigenvalue weighted by atomic mass is 32.1. The van der Waals surface area contributed by atoms with Crippen LogP contribution in [0.5, 0.6) is 0 Å². The van der Waals surface area contributed by atoms with Crippen LogP contribution in [0.1, 0.15) is 15.9 Å². The van der Waals surface area contributed by atoms with E-state index in [0.29, 0.717) is 11.1 Å². The van der Waals surface area contributed by atoms with Gasteiger partial charge in [0.25, 0.3) is 0 Å². The molecule has 76 valence electrons. The summed E-state index contributed by atoms with van der Waals surface area (Å²) in [5, 5.41) is 1.73. The zero-order chi connectivity index (χ0) is 10.8. The predicted molar refractivity (Wildman–Crippen MR) is 59.8 cm³/mol. The number of thiophene rings is 1. The Hall–Kier alpha value is -1.48. The topological polar surface area (TPSA) is 17.1 Å². The Morgan fingerprint density at radius 1 is 1.33 bits per heavy atom. The zero-order valence-electron chi connectivity index (χ0n) is 8.16. The molecule has 1 aromatic carbocycles. The van der Waals surface area contributed by atoms with Crippen molar-refractivity contribution in [2.45, 2.75) is 6.92 Å². The highest BCUT2D eigenvalue weighted by Crippen LogP contribution is 2.29. The second-order valence-electron chi connectivity index (χ2n) is 3.35. The molecule has 15 heavy (non-hydrogen) atoms. The largest absolute Gasteiger partial charge is 0.298 e. The van der Waals surface area contributed by atoms with E-state index in [-0.39, 0.29) is 5.82 Å². The van der Waals surface area contributed by atoms with Gasteiger partial charge in [-0.3, -0.25) is 4.79 Å². The van der Waals surface area contributed by atoms with Crippen molar-refractivity contribution in [2.24, 2.45) is 0 Å². The predicted octanol–water partition coefficient (Wildman–Crippen LogP) is 3.68. The molecule has 0 aliphatic heterocycles. The first-order valence-electron chi connectivity index (χ1n) is 4.51. The van der Waals surface area contributed by atoms with E-state index in [0.717, 1.165) is 16.7 Å². The number of carbonyl (C=O) groups is 1. The smallest absolute Gasteiger partial charge is 0.150 e. The molecule has 0 amide bonds. The van der Waals surface area contributed by atoms with Crippen LogP contribution in [-0.2, 0) is 0 Å². The van der Waals surface area contributed by atoms with Gasteiger partial charge in [-0.15, -0.1) is 11.3 Å². The number of hydrogen-bond acceptors (Lipinski definition) is 2. The minimum Gasteiger partial charge on any atom is -0.298 e. The first kappa shape index (κ1) is 10.1. The lowest BCUT2D eigenvalue weighted by Gasteiger charge is -2.00. The molecule has 3 heteroatoms. The SMILES string of the molecule is Cc1ccc(F)c(-c2cc(C=O)cs2)c1. The Morgan fingerprint density at radius 2 is 2.13 bits per heavy atom. The summed E-state index contributed by atoms with van der Waals surface area (Å²) in [7, 11) is 0. The Labute approximate surface area is 91.2 Å². The number of hydrogen-bond donors (Lipinski definition) is 0. The average Bonchev–Trinajstić information content (AvgIpc) is 2.70. The van der Waals surface area contributed by atoms with Crippen LogP contribution in [0.15, 0.2) is 29.6 Å². The first-order chi connectivity index (χ1) is 7.20. The quantitative estimate of drug-likeness (QED) is 0.706. The summed E-state index contributed by atoms with van der Waals surface area (Å²) >= 11 is 1.38. The van der Waals surface area contributed by atoms with E-state index < -0.39 is 0 Å². The molecule has 0 bridgehead atoms. The second kappa shape index (κ2) is 3.95. The Balaban J connectivity index is 2.52. The molecule has 2 aromatic rings. The van der Waals surface area contributed by atoms with Crippen molar-refractivity contribution in [1.29, 1.82) is 0 Å². The number of rotatable bonds is 2. The number of benzene rings is 1. The molecule has 1 nitrogen and oxygen atoms in total. The summed E-state index contributed by atoms with van der Waals surface area (Å²) in [6, 6.07) is 6.67. The van der Waals surface area contributed by atoms with Crippen LogP contribution in [0.25, 0.3) is 10.4 Å². The van der Waals surface area contributed by atoms with Gasteiger partial charge in [-0.05, 0) is 25.1 Å². The molecular weight excluding hydrogens is 211 g/mol. The molecule has 0 saturated heterocycles. The lowest BCUT2D eigenvalue weighted by molar-refractivity contribution is 0.112. The minimum atomic E-state index is -0.250. The second-order valence-corrected chi connectivity index (χ2v) is 4.26. The van der Waals surface area contributed by atoms with Gasteiger partial charge in [-0.2, -0.15) is 0 Å². The van der Waals surface area contributed by atoms with Gasteiger partial charge >= 0.3 is 0 Å².